The largest absolute Gasteiger partial charge is 0.450 e. The summed E-state index contributed by atoms with van der Waals surface area (Å²) in [7, 11) is 0. The van der Waals surface area contributed by atoms with Crippen LogP contribution in [-0.2, 0) is 4.79 Å². The molecular formula is C31H32N5O3+. The van der Waals surface area contributed by atoms with Gasteiger partial charge in [-0.05, 0) is 86.2 Å². The fraction of sp³-hybridized carbons (Fsp3) is 0.129. The van der Waals surface area contributed by atoms with Crippen LogP contribution in [0.5, 0.6) is 0 Å². The molecular weight excluding hydrogens is 490 g/mol. The van der Waals surface area contributed by atoms with Crippen molar-refractivity contribution in [2.24, 2.45) is 0 Å². The maximum atomic E-state index is 13.1. The SMILES string of the molecule is CCN(CC)c1ccc(/C=C(/NC(=O)c2ccccc2)C(=O)N/[NH+]=C/c2ccc(-c3ccc(N)cc3)o2)cc1. The molecule has 0 aliphatic rings. The quantitative estimate of drug-likeness (QED) is 0.110. The lowest BCUT2D eigenvalue weighted by Crippen LogP contribution is -2.82. The van der Waals surface area contributed by atoms with Crippen molar-refractivity contribution in [3.63, 3.8) is 0 Å². The van der Waals surface area contributed by atoms with Gasteiger partial charge in [-0.3, -0.25) is 9.59 Å². The summed E-state index contributed by atoms with van der Waals surface area (Å²) in [5.41, 5.74) is 12.3. The Labute approximate surface area is 227 Å². The molecule has 0 saturated carbocycles. The minimum atomic E-state index is -0.520. The summed E-state index contributed by atoms with van der Waals surface area (Å²) >= 11 is 0. The minimum Gasteiger partial charge on any atom is -0.450 e. The summed E-state index contributed by atoms with van der Waals surface area (Å²) in [6.07, 6.45) is 3.16. The van der Waals surface area contributed by atoms with Crippen LogP contribution in [-0.4, -0.2) is 31.1 Å². The van der Waals surface area contributed by atoms with Gasteiger partial charge in [0, 0.05) is 35.6 Å². The topological polar surface area (TPSA) is 115 Å². The monoisotopic (exact) mass is 522 g/mol. The second-order valence-corrected chi connectivity index (χ2v) is 8.71. The number of anilines is 2. The molecule has 3 aromatic carbocycles. The first-order valence-electron chi connectivity index (χ1n) is 12.7. The molecule has 0 radical (unpaired) electrons. The predicted molar refractivity (Wildman–Crippen MR) is 155 cm³/mol. The van der Waals surface area contributed by atoms with E-state index in [1.807, 2.05) is 48.5 Å². The first-order valence-corrected chi connectivity index (χ1v) is 12.7. The molecule has 0 fully saturated rings. The highest BCUT2D eigenvalue weighted by atomic mass is 16.3. The van der Waals surface area contributed by atoms with E-state index >= 15 is 0 Å². The maximum absolute atomic E-state index is 13.1. The van der Waals surface area contributed by atoms with Crippen molar-refractivity contribution < 1.29 is 19.1 Å². The van der Waals surface area contributed by atoms with Crippen LogP contribution in [0.2, 0.25) is 0 Å². The van der Waals surface area contributed by atoms with E-state index in [9.17, 15) is 9.59 Å². The number of nitrogens with two attached hydrogens (primary N) is 1. The maximum Gasteiger partial charge on any atom is 0.321 e. The average molecular weight is 523 g/mol. The highest BCUT2D eigenvalue weighted by Gasteiger charge is 2.16. The standard InChI is InChI=1S/C31H31N5O3/c1-3-36(4-2)26-16-10-22(11-17-26)20-28(34-30(37)24-8-6-5-7-9-24)31(38)35-33-21-27-18-19-29(39-27)23-12-14-25(32)15-13-23/h5-21H,3-4,32H2,1-2H3,(H,34,37)(H,35,38)/p+1/b28-20+,33-21+. The first kappa shape index (κ1) is 26.9. The normalized spacial score (nSPS) is 11.4. The molecule has 4 aromatic rings. The Morgan fingerprint density at radius 2 is 1.59 bits per heavy atom. The van der Waals surface area contributed by atoms with Crippen molar-refractivity contribution in [3.8, 4) is 11.3 Å². The van der Waals surface area contributed by atoms with Gasteiger partial charge in [0.05, 0.1) is 0 Å². The molecule has 0 aliphatic carbocycles. The number of hydrogen-bond acceptors (Lipinski definition) is 5. The molecule has 0 unspecified atom stereocenters. The number of furan rings is 1. The summed E-state index contributed by atoms with van der Waals surface area (Å²) in [4.78, 5) is 28.2. The van der Waals surface area contributed by atoms with Gasteiger partial charge in [-0.25, -0.2) is 0 Å². The van der Waals surface area contributed by atoms with Crippen molar-refractivity contribution in [1.82, 2.24) is 10.7 Å². The molecule has 0 aliphatic heterocycles. The van der Waals surface area contributed by atoms with E-state index in [0.29, 0.717) is 22.8 Å². The summed E-state index contributed by atoms with van der Waals surface area (Å²) in [6, 6.07) is 27.5. The number of carbonyl (C=O) groups excluding carboxylic acids is 2. The summed E-state index contributed by atoms with van der Waals surface area (Å²) in [5, 5.41) is 5.49. The predicted octanol–water partition coefficient (Wildman–Crippen LogP) is 3.38. The highest BCUT2D eigenvalue weighted by molar-refractivity contribution is 6.05. The van der Waals surface area contributed by atoms with E-state index in [1.54, 1.807) is 48.5 Å². The van der Waals surface area contributed by atoms with E-state index in [1.165, 1.54) is 6.21 Å². The number of nitrogen functional groups attached to an aromatic ring is 1. The molecule has 5 N–H and O–H groups in total. The van der Waals surface area contributed by atoms with Gasteiger partial charge in [0.25, 0.3) is 5.91 Å². The fourth-order valence-electron chi connectivity index (χ4n) is 3.95. The third kappa shape index (κ3) is 7.23. The fourth-order valence-corrected chi connectivity index (χ4v) is 3.95. The lowest BCUT2D eigenvalue weighted by Gasteiger charge is -2.20. The van der Waals surface area contributed by atoms with E-state index in [-0.39, 0.29) is 11.6 Å². The number of nitrogens with zero attached hydrogens (tertiary/aromatic N) is 1. The van der Waals surface area contributed by atoms with Crippen LogP contribution in [0.1, 0.15) is 35.5 Å². The number of hydrazine groups is 1. The summed E-state index contributed by atoms with van der Waals surface area (Å²) in [5.74, 6) is 0.264. The van der Waals surface area contributed by atoms with E-state index in [4.69, 9.17) is 10.2 Å². The van der Waals surface area contributed by atoms with Gasteiger partial charge in [0.2, 0.25) is 6.21 Å². The van der Waals surface area contributed by atoms with Crippen LogP contribution in [0, 0.1) is 0 Å². The zero-order chi connectivity index (χ0) is 27.6. The van der Waals surface area contributed by atoms with Gasteiger partial charge in [-0.2, -0.15) is 0 Å². The molecule has 4 rings (SSSR count). The Morgan fingerprint density at radius 3 is 2.26 bits per heavy atom. The van der Waals surface area contributed by atoms with Gasteiger partial charge in [-0.1, -0.05) is 30.3 Å². The number of hydrogen-bond donors (Lipinski definition) is 4. The van der Waals surface area contributed by atoms with E-state index in [0.717, 1.165) is 29.9 Å². The van der Waals surface area contributed by atoms with E-state index in [2.05, 4.69) is 34.6 Å². The Kier molecular flexibility index (Phi) is 8.92. The number of hydrazone groups is 1. The molecule has 0 atom stereocenters. The van der Waals surface area contributed by atoms with Crippen LogP contribution < -0.4 is 26.5 Å². The number of amides is 2. The number of rotatable bonds is 10. The smallest absolute Gasteiger partial charge is 0.321 e. The molecule has 8 nitrogen and oxygen atoms in total. The molecule has 8 heteroatoms. The molecule has 0 bridgehead atoms. The number of benzene rings is 3. The minimum absolute atomic E-state index is 0.0855. The zero-order valence-corrected chi connectivity index (χ0v) is 22.0. The molecule has 1 aromatic heterocycles. The Hall–Kier alpha value is -5.11. The van der Waals surface area contributed by atoms with Gasteiger partial charge < -0.3 is 20.4 Å². The van der Waals surface area contributed by atoms with Crippen molar-refractivity contribution in [3.05, 3.63) is 114 Å². The molecule has 0 spiro atoms. The summed E-state index contributed by atoms with van der Waals surface area (Å²) < 4.78 is 5.82. The Balaban J connectivity index is 1.51. The van der Waals surface area contributed by atoms with Crippen LogP contribution in [0.15, 0.2) is 101 Å². The first-order chi connectivity index (χ1) is 19.0. The molecule has 2 amide bonds. The van der Waals surface area contributed by atoms with Crippen LogP contribution >= 0.6 is 0 Å². The van der Waals surface area contributed by atoms with Crippen LogP contribution in [0.4, 0.5) is 11.4 Å². The molecule has 39 heavy (non-hydrogen) atoms. The average Bonchev–Trinajstić information content (AvgIpc) is 3.44. The Bertz CT molecular complexity index is 1450. The van der Waals surface area contributed by atoms with Crippen LogP contribution in [0.3, 0.4) is 0 Å². The lowest BCUT2D eigenvalue weighted by atomic mass is 10.1. The van der Waals surface area contributed by atoms with Crippen molar-refractivity contribution in [2.75, 3.05) is 23.7 Å². The van der Waals surface area contributed by atoms with E-state index < -0.39 is 5.91 Å². The van der Waals surface area contributed by atoms with Crippen LogP contribution in [0.25, 0.3) is 17.4 Å². The number of nitrogens with one attached hydrogen (secondary N) is 3. The third-order valence-corrected chi connectivity index (χ3v) is 6.08. The van der Waals surface area contributed by atoms with Crippen molar-refractivity contribution in [1.29, 1.82) is 0 Å². The zero-order valence-electron chi connectivity index (χ0n) is 22.0. The second kappa shape index (κ2) is 12.9. The summed E-state index contributed by atoms with van der Waals surface area (Å²) in [6.45, 7) is 5.99. The number of carbonyl (C=O) groups is 2. The van der Waals surface area contributed by atoms with Gasteiger partial charge in [0.15, 0.2) is 5.76 Å². The van der Waals surface area contributed by atoms with Gasteiger partial charge in [0.1, 0.15) is 11.5 Å². The molecule has 0 saturated heterocycles. The van der Waals surface area contributed by atoms with Crippen molar-refractivity contribution in [2.45, 2.75) is 13.8 Å². The molecule has 1 heterocycles. The highest BCUT2D eigenvalue weighted by Crippen LogP contribution is 2.22. The van der Waals surface area contributed by atoms with Gasteiger partial charge >= 0.3 is 5.91 Å². The second-order valence-electron chi connectivity index (χ2n) is 8.71. The third-order valence-electron chi connectivity index (χ3n) is 6.08. The van der Waals surface area contributed by atoms with Crippen molar-refractivity contribution >= 4 is 35.5 Å². The van der Waals surface area contributed by atoms with Gasteiger partial charge in [-0.15, -0.1) is 10.5 Å². The Morgan fingerprint density at radius 1 is 0.897 bits per heavy atom. The lowest BCUT2D eigenvalue weighted by molar-refractivity contribution is -0.505. The molecule has 198 valence electrons.